The number of hydrogen-bond donors (Lipinski definition) is 2. The topological polar surface area (TPSA) is 98.2 Å². The van der Waals surface area contributed by atoms with Crippen molar-refractivity contribution in [2.24, 2.45) is 5.10 Å². The van der Waals surface area contributed by atoms with Crippen LogP contribution in [0, 0.1) is 0 Å². The van der Waals surface area contributed by atoms with Crippen molar-refractivity contribution in [3.63, 3.8) is 0 Å². The van der Waals surface area contributed by atoms with Crippen LogP contribution in [0.3, 0.4) is 0 Å². The van der Waals surface area contributed by atoms with Crippen LogP contribution in [0.15, 0.2) is 86.8 Å². The number of carbonyl (C=O) groups is 2. The van der Waals surface area contributed by atoms with Gasteiger partial charge in [0.25, 0.3) is 5.91 Å². The first kappa shape index (κ1) is 30.3. The van der Waals surface area contributed by atoms with Gasteiger partial charge in [0, 0.05) is 4.47 Å². The predicted molar refractivity (Wildman–Crippen MR) is 158 cm³/mol. The molecule has 3 aromatic carbocycles. The SMILES string of the molecule is CC(C)(C)OC(=O)N[C@@H](COCc1ccccc1)C(=O)N/N=C\c1ccc(OCc2ccc(Br)cc2)c(Br)c1. The lowest BCUT2D eigenvalue weighted by molar-refractivity contribution is -0.124. The quantitative estimate of drug-likeness (QED) is 0.185. The molecule has 3 rings (SSSR count). The Bertz CT molecular complexity index is 1260. The fourth-order valence-electron chi connectivity index (χ4n) is 3.21. The largest absolute Gasteiger partial charge is 0.488 e. The van der Waals surface area contributed by atoms with Crippen molar-refractivity contribution in [2.45, 2.75) is 45.6 Å². The van der Waals surface area contributed by atoms with Gasteiger partial charge in [-0.1, -0.05) is 58.4 Å². The zero-order valence-electron chi connectivity index (χ0n) is 21.9. The number of nitrogens with one attached hydrogen (secondary N) is 2. The summed E-state index contributed by atoms with van der Waals surface area (Å²) in [4.78, 5) is 25.1. The summed E-state index contributed by atoms with van der Waals surface area (Å²) in [5, 5.41) is 6.60. The van der Waals surface area contributed by atoms with E-state index in [1.165, 1.54) is 6.21 Å². The van der Waals surface area contributed by atoms with Gasteiger partial charge in [-0.15, -0.1) is 0 Å². The number of amides is 2. The standard InChI is InChI=1S/C29H31Br2N3O5/c1-29(2,3)39-28(36)33-25(19-37-17-20-7-5-4-6-8-20)27(35)34-32-16-22-11-14-26(24(31)15-22)38-18-21-9-12-23(30)13-10-21/h4-16,25H,17-19H2,1-3H3,(H,33,36)(H,34,35)/b32-16-/t25-/m0/s1. The number of carbonyl (C=O) groups excluding carboxylic acids is 2. The first-order valence-electron chi connectivity index (χ1n) is 12.2. The van der Waals surface area contributed by atoms with Crippen LogP contribution < -0.4 is 15.5 Å². The summed E-state index contributed by atoms with van der Waals surface area (Å²) in [7, 11) is 0. The lowest BCUT2D eigenvalue weighted by atomic mass is 10.2. The number of nitrogens with zero attached hydrogens (tertiary/aromatic N) is 1. The molecule has 0 aromatic heterocycles. The molecule has 0 aliphatic rings. The lowest BCUT2D eigenvalue weighted by Gasteiger charge is -2.22. The molecule has 0 fully saturated rings. The Labute approximate surface area is 245 Å². The maximum absolute atomic E-state index is 12.8. The first-order valence-corrected chi connectivity index (χ1v) is 13.8. The van der Waals surface area contributed by atoms with Crippen LogP contribution in [0.4, 0.5) is 4.79 Å². The van der Waals surface area contributed by atoms with E-state index in [1.54, 1.807) is 20.8 Å². The summed E-state index contributed by atoms with van der Waals surface area (Å²) in [6.45, 7) is 5.88. The van der Waals surface area contributed by atoms with Gasteiger partial charge in [-0.3, -0.25) is 4.79 Å². The van der Waals surface area contributed by atoms with Crippen LogP contribution in [0.5, 0.6) is 5.75 Å². The van der Waals surface area contributed by atoms with Gasteiger partial charge in [0.2, 0.25) is 0 Å². The molecule has 3 aromatic rings. The number of hydrogen-bond acceptors (Lipinski definition) is 6. The molecular formula is C29H31Br2N3O5. The lowest BCUT2D eigenvalue weighted by Crippen LogP contribution is -2.49. The van der Waals surface area contributed by atoms with E-state index in [1.807, 2.05) is 72.8 Å². The first-order chi connectivity index (χ1) is 18.6. The van der Waals surface area contributed by atoms with E-state index >= 15 is 0 Å². The molecule has 2 amide bonds. The van der Waals surface area contributed by atoms with Crippen molar-refractivity contribution in [1.82, 2.24) is 10.7 Å². The van der Waals surface area contributed by atoms with Gasteiger partial charge in [-0.2, -0.15) is 5.10 Å². The van der Waals surface area contributed by atoms with Crippen LogP contribution in [-0.4, -0.2) is 36.5 Å². The third-order valence-corrected chi connectivity index (χ3v) is 6.20. The predicted octanol–water partition coefficient (Wildman–Crippen LogP) is 6.35. The highest BCUT2D eigenvalue weighted by atomic mass is 79.9. The van der Waals surface area contributed by atoms with Gasteiger partial charge in [0.15, 0.2) is 0 Å². The van der Waals surface area contributed by atoms with E-state index in [0.29, 0.717) is 12.4 Å². The molecule has 0 aliphatic heterocycles. The minimum absolute atomic E-state index is 0.0640. The average Bonchev–Trinajstić information content (AvgIpc) is 2.88. The van der Waals surface area contributed by atoms with E-state index in [0.717, 1.165) is 25.6 Å². The Morgan fingerprint density at radius 3 is 2.31 bits per heavy atom. The summed E-state index contributed by atoms with van der Waals surface area (Å²) in [5.74, 6) is 0.134. The van der Waals surface area contributed by atoms with Crippen LogP contribution in [0.25, 0.3) is 0 Å². The van der Waals surface area contributed by atoms with Crippen LogP contribution in [-0.2, 0) is 27.5 Å². The van der Waals surface area contributed by atoms with E-state index in [-0.39, 0.29) is 13.2 Å². The monoisotopic (exact) mass is 659 g/mol. The van der Waals surface area contributed by atoms with E-state index in [4.69, 9.17) is 14.2 Å². The maximum atomic E-state index is 12.8. The summed E-state index contributed by atoms with van der Waals surface area (Å²) < 4.78 is 18.6. The van der Waals surface area contributed by atoms with Gasteiger partial charge < -0.3 is 19.5 Å². The molecule has 0 radical (unpaired) electrons. The van der Waals surface area contributed by atoms with Gasteiger partial charge in [0.05, 0.1) is 23.9 Å². The van der Waals surface area contributed by atoms with E-state index in [9.17, 15) is 9.59 Å². The molecule has 2 N–H and O–H groups in total. The molecule has 39 heavy (non-hydrogen) atoms. The zero-order valence-corrected chi connectivity index (χ0v) is 25.1. The number of rotatable bonds is 11. The minimum Gasteiger partial charge on any atom is -0.488 e. The van der Waals surface area contributed by atoms with E-state index < -0.39 is 23.6 Å². The van der Waals surface area contributed by atoms with Crippen molar-refractivity contribution < 1.29 is 23.8 Å². The van der Waals surface area contributed by atoms with Crippen LogP contribution >= 0.6 is 31.9 Å². The van der Waals surface area contributed by atoms with Crippen molar-refractivity contribution >= 4 is 50.1 Å². The van der Waals surface area contributed by atoms with Gasteiger partial charge in [-0.05, 0) is 83.7 Å². The molecule has 0 bridgehead atoms. The van der Waals surface area contributed by atoms with E-state index in [2.05, 4.69) is 47.7 Å². The second-order valence-electron chi connectivity index (χ2n) is 9.54. The molecule has 1 atom stereocenters. The number of halogens is 2. The molecule has 0 saturated heterocycles. The summed E-state index contributed by atoms with van der Waals surface area (Å²) in [6, 6.07) is 21.9. The third kappa shape index (κ3) is 11.2. The summed E-state index contributed by atoms with van der Waals surface area (Å²) in [6.07, 6.45) is 0.772. The summed E-state index contributed by atoms with van der Waals surface area (Å²) in [5.41, 5.74) is 4.47. The van der Waals surface area contributed by atoms with Gasteiger partial charge >= 0.3 is 6.09 Å². The third-order valence-electron chi connectivity index (χ3n) is 5.06. The zero-order chi connectivity index (χ0) is 28.3. The number of hydrazone groups is 1. The highest BCUT2D eigenvalue weighted by molar-refractivity contribution is 9.10. The maximum Gasteiger partial charge on any atom is 0.408 e. The van der Waals surface area contributed by atoms with Crippen molar-refractivity contribution in [2.75, 3.05) is 6.61 Å². The normalized spacial score (nSPS) is 12.1. The minimum atomic E-state index is -1.01. The fraction of sp³-hybridized carbons (Fsp3) is 0.276. The fourth-order valence-corrected chi connectivity index (χ4v) is 3.98. The molecule has 0 saturated carbocycles. The molecule has 0 spiro atoms. The van der Waals surface area contributed by atoms with Crippen molar-refractivity contribution in [3.8, 4) is 5.75 Å². The average molecular weight is 661 g/mol. The molecular weight excluding hydrogens is 630 g/mol. The van der Waals surface area contributed by atoms with Crippen molar-refractivity contribution in [3.05, 3.63) is 98.4 Å². The van der Waals surface area contributed by atoms with Gasteiger partial charge in [-0.25, -0.2) is 10.2 Å². The molecule has 8 nitrogen and oxygen atoms in total. The van der Waals surface area contributed by atoms with Crippen LogP contribution in [0.2, 0.25) is 0 Å². The Kier molecular flexibility index (Phi) is 11.5. The highest BCUT2D eigenvalue weighted by Crippen LogP contribution is 2.26. The number of benzene rings is 3. The highest BCUT2D eigenvalue weighted by Gasteiger charge is 2.24. The smallest absolute Gasteiger partial charge is 0.408 e. The van der Waals surface area contributed by atoms with Crippen LogP contribution in [0.1, 0.15) is 37.5 Å². The number of alkyl carbamates (subject to hydrolysis) is 1. The molecule has 206 valence electrons. The van der Waals surface area contributed by atoms with Crippen molar-refractivity contribution in [1.29, 1.82) is 0 Å². The van der Waals surface area contributed by atoms with Gasteiger partial charge in [0.1, 0.15) is 24.0 Å². The second-order valence-corrected chi connectivity index (χ2v) is 11.3. The number of ether oxygens (including phenoxy) is 3. The molecule has 0 heterocycles. The molecule has 0 aliphatic carbocycles. The Balaban J connectivity index is 1.57. The molecule has 10 heteroatoms. The Morgan fingerprint density at radius 1 is 0.949 bits per heavy atom. The second kappa shape index (κ2) is 14.8. The Morgan fingerprint density at radius 2 is 1.64 bits per heavy atom. The summed E-state index contributed by atoms with van der Waals surface area (Å²) >= 11 is 6.94. The Hall–Kier alpha value is -3.21. The molecule has 0 unspecified atom stereocenters.